The number of rotatable bonds is 8. The molecule has 0 aromatic heterocycles. The van der Waals surface area contributed by atoms with E-state index in [1.165, 1.54) is 0 Å². The number of carbonyl (C=O) groups excluding carboxylic acids is 2. The summed E-state index contributed by atoms with van der Waals surface area (Å²) in [4.78, 5) is 30.1. The van der Waals surface area contributed by atoms with E-state index in [0.29, 0.717) is 32.1 Å². The smallest absolute Gasteiger partial charge is 0.410 e. The van der Waals surface area contributed by atoms with E-state index in [0.717, 1.165) is 26.1 Å². The molecule has 152 valence electrons. The van der Waals surface area contributed by atoms with Gasteiger partial charge >= 0.3 is 12.2 Å². The zero-order valence-corrected chi connectivity index (χ0v) is 17.4. The fraction of sp³-hybridized carbons (Fsp3) is 0.895. The van der Waals surface area contributed by atoms with Crippen LogP contribution in [0.3, 0.4) is 0 Å². The van der Waals surface area contributed by atoms with E-state index in [2.05, 4.69) is 18.7 Å². The molecule has 1 aliphatic heterocycles. The first kappa shape index (κ1) is 22.5. The Morgan fingerprint density at radius 1 is 0.885 bits per heavy atom. The van der Waals surface area contributed by atoms with Gasteiger partial charge < -0.3 is 19.3 Å². The van der Waals surface area contributed by atoms with Crippen molar-refractivity contribution in [1.82, 2.24) is 14.7 Å². The van der Waals surface area contributed by atoms with Gasteiger partial charge in [0, 0.05) is 45.8 Å². The van der Waals surface area contributed by atoms with Crippen LogP contribution in [0.15, 0.2) is 0 Å². The summed E-state index contributed by atoms with van der Waals surface area (Å²) >= 11 is 0. The van der Waals surface area contributed by atoms with E-state index < -0.39 is 0 Å². The van der Waals surface area contributed by atoms with Crippen LogP contribution in [-0.2, 0) is 9.47 Å². The summed E-state index contributed by atoms with van der Waals surface area (Å²) in [5.74, 6) is 0.542. The molecular formula is C19H37N3O4. The highest BCUT2D eigenvalue weighted by atomic mass is 16.6. The van der Waals surface area contributed by atoms with Gasteiger partial charge in [-0.2, -0.15) is 0 Å². The molecule has 0 unspecified atom stereocenters. The maximum Gasteiger partial charge on any atom is 0.410 e. The summed E-state index contributed by atoms with van der Waals surface area (Å²) in [6.07, 6.45) is 0.280. The normalized spacial score (nSPS) is 15.7. The molecule has 0 bridgehead atoms. The summed E-state index contributed by atoms with van der Waals surface area (Å²) in [7, 11) is 0. The Balaban J connectivity index is 2.43. The molecule has 0 saturated carbocycles. The number of piperazine rings is 1. The van der Waals surface area contributed by atoms with Crippen molar-refractivity contribution in [2.75, 3.05) is 45.8 Å². The Morgan fingerprint density at radius 3 is 1.96 bits per heavy atom. The van der Waals surface area contributed by atoms with E-state index in [1.807, 2.05) is 27.7 Å². The summed E-state index contributed by atoms with van der Waals surface area (Å²) in [6, 6.07) is 0. The molecule has 7 heteroatoms. The van der Waals surface area contributed by atoms with E-state index >= 15 is 0 Å². The third kappa shape index (κ3) is 8.74. The molecule has 0 aliphatic carbocycles. The zero-order valence-electron chi connectivity index (χ0n) is 17.4. The van der Waals surface area contributed by atoms with Gasteiger partial charge in [0.2, 0.25) is 0 Å². The first-order valence-electron chi connectivity index (χ1n) is 9.82. The summed E-state index contributed by atoms with van der Waals surface area (Å²) in [5, 5.41) is 0. The van der Waals surface area contributed by atoms with Gasteiger partial charge in [-0.3, -0.25) is 4.90 Å². The van der Waals surface area contributed by atoms with Gasteiger partial charge in [0.1, 0.15) is 0 Å². The van der Waals surface area contributed by atoms with Crippen LogP contribution in [0.1, 0.15) is 48.0 Å². The monoisotopic (exact) mass is 371 g/mol. The first-order chi connectivity index (χ1) is 12.2. The highest BCUT2D eigenvalue weighted by molar-refractivity contribution is 5.68. The van der Waals surface area contributed by atoms with Crippen molar-refractivity contribution in [2.45, 2.75) is 60.2 Å². The predicted molar refractivity (Wildman–Crippen MR) is 102 cm³/mol. The molecule has 1 aliphatic rings. The predicted octanol–water partition coefficient (Wildman–Crippen LogP) is 3.04. The Morgan fingerprint density at radius 2 is 1.46 bits per heavy atom. The molecule has 0 radical (unpaired) electrons. The van der Waals surface area contributed by atoms with Gasteiger partial charge in [-0.1, -0.05) is 13.8 Å². The lowest BCUT2D eigenvalue weighted by molar-refractivity contribution is 0.0517. The van der Waals surface area contributed by atoms with E-state index in [1.54, 1.807) is 9.80 Å². The van der Waals surface area contributed by atoms with E-state index in [9.17, 15) is 9.59 Å². The maximum absolute atomic E-state index is 12.3. The lowest BCUT2D eigenvalue weighted by atomic mass is 10.1. The fourth-order valence-corrected chi connectivity index (χ4v) is 2.68. The van der Waals surface area contributed by atoms with Gasteiger partial charge in [0.25, 0.3) is 0 Å². The number of ether oxygens (including phenoxy) is 2. The topological polar surface area (TPSA) is 62.3 Å². The van der Waals surface area contributed by atoms with Crippen LogP contribution in [-0.4, -0.2) is 84.9 Å². The second kappa shape index (κ2) is 11.3. The van der Waals surface area contributed by atoms with Gasteiger partial charge in [-0.25, -0.2) is 9.59 Å². The Labute approximate surface area is 158 Å². The number of nitrogens with zero attached hydrogens (tertiary/aromatic N) is 3. The van der Waals surface area contributed by atoms with Crippen LogP contribution < -0.4 is 0 Å². The molecule has 1 saturated heterocycles. The third-order valence-corrected chi connectivity index (χ3v) is 4.22. The molecule has 0 aromatic carbocycles. The largest absolute Gasteiger partial charge is 0.447 e. The van der Waals surface area contributed by atoms with Crippen LogP contribution in [0.5, 0.6) is 0 Å². The maximum atomic E-state index is 12.3. The summed E-state index contributed by atoms with van der Waals surface area (Å²) in [5.41, 5.74) is 0. The van der Waals surface area contributed by atoms with Gasteiger partial charge in [0.15, 0.2) is 0 Å². The number of carbonyl (C=O) groups is 2. The van der Waals surface area contributed by atoms with Crippen LogP contribution >= 0.6 is 0 Å². The van der Waals surface area contributed by atoms with Crippen molar-refractivity contribution in [3.05, 3.63) is 0 Å². The molecule has 1 fully saturated rings. The molecular weight excluding hydrogens is 334 g/mol. The average Bonchev–Trinajstić information content (AvgIpc) is 2.53. The van der Waals surface area contributed by atoms with Crippen LogP contribution in [0.25, 0.3) is 0 Å². The molecule has 1 rings (SSSR count). The standard InChI is InChI=1S/C19H37N3O4/c1-15(2)7-8-21(18(23)25-16(3)4)12-9-20-10-13-22(14-11-20)19(24)26-17(5)6/h15-17H,7-14H2,1-6H3. The first-order valence-corrected chi connectivity index (χ1v) is 9.82. The highest BCUT2D eigenvalue weighted by Gasteiger charge is 2.24. The Kier molecular flexibility index (Phi) is 9.76. The zero-order chi connectivity index (χ0) is 19.7. The number of hydrogen-bond acceptors (Lipinski definition) is 5. The fourth-order valence-electron chi connectivity index (χ4n) is 2.68. The quantitative estimate of drug-likeness (QED) is 0.656. The molecule has 2 amide bonds. The van der Waals surface area contributed by atoms with Crippen molar-refractivity contribution in [1.29, 1.82) is 0 Å². The van der Waals surface area contributed by atoms with Crippen molar-refractivity contribution in [3.63, 3.8) is 0 Å². The average molecular weight is 372 g/mol. The second-order valence-corrected chi connectivity index (χ2v) is 7.86. The Hall–Kier alpha value is -1.50. The SMILES string of the molecule is CC(C)CCN(CCN1CCN(C(=O)OC(C)C)CC1)C(=O)OC(C)C. The molecule has 0 spiro atoms. The third-order valence-electron chi connectivity index (χ3n) is 4.22. The number of amides is 2. The van der Waals surface area contributed by atoms with Crippen molar-refractivity contribution >= 4 is 12.2 Å². The molecule has 0 atom stereocenters. The molecule has 0 aromatic rings. The summed E-state index contributed by atoms with van der Waals surface area (Å²) < 4.78 is 10.6. The van der Waals surface area contributed by atoms with Crippen molar-refractivity contribution in [2.24, 2.45) is 5.92 Å². The van der Waals surface area contributed by atoms with Gasteiger partial charge in [-0.05, 0) is 40.0 Å². The highest BCUT2D eigenvalue weighted by Crippen LogP contribution is 2.08. The van der Waals surface area contributed by atoms with Gasteiger partial charge in [-0.15, -0.1) is 0 Å². The molecule has 7 nitrogen and oxygen atoms in total. The van der Waals surface area contributed by atoms with Gasteiger partial charge in [0.05, 0.1) is 12.2 Å². The number of hydrogen-bond donors (Lipinski definition) is 0. The molecule has 26 heavy (non-hydrogen) atoms. The van der Waals surface area contributed by atoms with Crippen LogP contribution in [0.2, 0.25) is 0 Å². The van der Waals surface area contributed by atoms with Crippen LogP contribution in [0, 0.1) is 5.92 Å². The van der Waals surface area contributed by atoms with E-state index in [4.69, 9.17) is 9.47 Å². The minimum absolute atomic E-state index is 0.0954. The molecule has 1 heterocycles. The summed E-state index contributed by atoms with van der Waals surface area (Å²) in [6.45, 7) is 16.8. The van der Waals surface area contributed by atoms with Crippen LogP contribution in [0.4, 0.5) is 9.59 Å². The van der Waals surface area contributed by atoms with Crippen molar-refractivity contribution in [3.8, 4) is 0 Å². The minimum atomic E-state index is -0.237. The lowest BCUT2D eigenvalue weighted by Gasteiger charge is -2.35. The lowest BCUT2D eigenvalue weighted by Crippen LogP contribution is -2.51. The Bertz CT molecular complexity index is 433. The van der Waals surface area contributed by atoms with E-state index in [-0.39, 0.29) is 24.4 Å². The molecule has 0 N–H and O–H groups in total. The minimum Gasteiger partial charge on any atom is -0.447 e. The second-order valence-electron chi connectivity index (χ2n) is 7.86. The van der Waals surface area contributed by atoms with Crippen molar-refractivity contribution < 1.29 is 19.1 Å².